The number of rotatable bonds is 11. The van der Waals surface area contributed by atoms with Gasteiger partial charge in [-0.05, 0) is 187 Å². The maximum Gasteiger partial charge on any atom is 0.495 e. The molecular formula is C55H73B2Br4Cl3N4O10. The van der Waals surface area contributed by atoms with Crippen LogP contribution in [0.1, 0.15) is 168 Å². The van der Waals surface area contributed by atoms with E-state index in [-0.39, 0.29) is 30.2 Å². The topological polar surface area (TPSA) is 163 Å². The summed E-state index contributed by atoms with van der Waals surface area (Å²) in [5.74, 6) is 0.422. The number of benzene rings is 4. The Kier molecular flexibility index (Phi) is 25.4. The third-order valence-corrected chi connectivity index (χ3v) is 15.5. The predicted octanol–water partition coefficient (Wildman–Crippen LogP) is 13.3. The molecule has 2 saturated heterocycles. The number of ether oxygens (including phenoxy) is 2. The van der Waals surface area contributed by atoms with Crippen LogP contribution in [0.4, 0.5) is 0 Å². The van der Waals surface area contributed by atoms with E-state index in [1.165, 1.54) is 5.01 Å². The molecule has 2 aliphatic rings. The zero-order valence-corrected chi connectivity index (χ0v) is 56.2. The Morgan fingerprint density at radius 3 is 1.31 bits per heavy atom. The Bertz CT molecular complexity index is 2730. The number of alkyl halides is 6. The summed E-state index contributed by atoms with van der Waals surface area (Å²) in [6.45, 7) is 31.2. The molecule has 0 saturated carbocycles. The highest BCUT2D eigenvalue weighted by Crippen LogP contribution is 2.40. The van der Waals surface area contributed by atoms with Gasteiger partial charge in [0, 0.05) is 38.9 Å². The fraction of sp³-hybridized carbons (Fsp3) is 0.491. The second-order valence-corrected chi connectivity index (χ2v) is 29.5. The van der Waals surface area contributed by atoms with Gasteiger partial charge in [0.15, 0.2) is 0 Å². The van der Waals surface area contributed by atoms with Gasteiger partial charge >= 0.3 is 14.2 Å². The normalized spacial score (nSPS) is 15.9. The first kappa shape index (κ1) is 69.5. The average Bonchev–Trinajstić information content (AvgIpc) is 3.70. The van der Waals surface area contributed by atoms with E-state index in [0.29, 0.717) is 39.3 Å². The molecule has 428 valence electrons. The van der Waals surface area contributed by atoms with Crippen LogP contribution in [0, 0.1) is 13.8 Å². The van der Waals surface area contributed by atoms with Gasteiger partial charge in [-0.15, -0.1) is 23.2 Å². The van der Waals surface area contributed by atoms with Gasteiger partial charge in [0.1, 0.15) is 11.5 Å². The number of nitrogens with one attached hydrogen (secondary N) is 3. The highest BCUT2D eigenvalue weighted by molar-refractivity contribution is 9.24. The van der Waals surface area contributed by atoms with Crippen LogP contribution in [-0.2, 0) is 18.6 Å². The number of carbonyl (C=O) groups is 4. The van der Waals surface area contributed by atoms with Gasteiger partial charge in [-0.3, -0.25) is 30.0 Å². The summed E-state index contributed by atoms with van der Waals surface area (Å²) >= 11 is 29.2. The average molecular weight is 1400 g/mol. The van der Waals surface area contributed by atoms with Gasteiger partial charge in [-0.25, -0.2) is 10.4 Å². The van der Waals surface area contributed by atoms with Crippen LogP contribution < -0.4 is 36.7 Å². The quantitative estimate of drug-likeness (QED) is 0.0567. The molecule has 23 heteroatoms. The molecule has 2 heterocycles. The Balaban J connectivity index is 0.000000329. The van der Waals surface area contributed by atoms with E-state index < -0.39 is 53.3 Å². The Morgan fingerprint density at radius 2 is 0.974 bits per heavy atom. The lowest BCUT2D eigenvalue weighted by atomic mass is 9.75. The van der Waals surface area contributed by atoms with Gasteiger partial charge in [-0.2, -0.15) is 0 Å². The Morgan fingerprint density at radius 1 is 0.615 bits per heavy atom. The molecule has 14 nitrogen and oxygen atoms in total. The molecule has 4 aromatic rings. The van der Waals surface area contributed by atoms with Gasteiger partial charge < -0.3 is 28.1 Å². The minimum absolute atomic E-state index is 0.130. The standard InChI is InChI=1S/C27H35BBr2N2O5.C14H16BBr2ClO3.C13H20N2O2.CH2Cl2/c1-16-18(11-10-12-21(16)35-9)23(33)31-32(25(2,3)4)24(34)17-13-14-20(19(15-17)22(29)30)28-36-26(5,6)27(7,8)37-28;1-13(2)14(3,4)21-15(20-13)10-6-5-8(12(18)19)7-9(10)11(16)17;1-9-10(7-6-8-11(9)17-5)12(16)14-15-13(2,3)4;2-1-3/h10-15,22H,1-9H3,(H,31,33);5-7,11H,1-4H3;6-8,15H,1-5H3,(H,14,16);1H2. The molecule has 0 atom stereocenters. The van der Waals surface area contributed by atoms with Crippen molar-refractivity contribution < 1.29 is 47.3 Å². The van der Waals surface area contributed by atoms with Gasteiger partial charge in [0.05, 0.1) is 55.0 Å². The first-order chi connectivity index (χ1) is 35.8. The van der Waals surface area contributed by atoms with E-state index in [4.69, 9.17) is 62.9 Å². The van der Waals surface area contributed by atoms with Crippen molar-refractivity contribution in [2.24, 2.45) is 0 Å². The third kappa shape index (κ3) is 18.1. The van der Waals surface area contributed by atoms with Crippen LogP contribution in [0.2, 0.25) is 0 Å². The van der Waals surface area contributed by atoms with Crippen LogP contribution in [0.15, 0.2) is 72.8 Å². The van der Waals surface area contributed by atoms with E-state index >= 15 is 0 Å². The molecule has 0 unspecified atom stereocenters. The minimum atomic E-state index is -0.702. The lowest BCUT2D eigenvalue weighted by Gasteiger charge is -2.36. The number of amides is 3. The molecule has 0 aromatic heterocycles. The predicted molar refractivity (Wildman–Crippen MR) is 331 cm³/mol. The molecule has 0 bridgehead atoms. The molecule has 4 aromatic carbocycles. The van der Waals surface area contributed by atoms with E-state index in [1.807, 2.05) is 129 Å². The van der Waals surface area contributed by atoms with E-state index in [0.717, 1.165) is 27.6 Å². The third-order valence-electron chi connectivity index (χ3n) is 13.3. The summed E-state index contributed by atoms with van der Waals surface area (Å²) in [6.07, 6.45) is 0. The molecule has 3 N–H and O–H groups in total. The summed E-state index contributed by atoms with van der Waals surface area (Å²) in [5, 5.41) is 1.07. The van der Waals surface area contributed by atoms with Crippen molar-refractivity contribution in [1.82, 2.24) is 21.3 Å². The number of nitrogens with zero attached hydrogens (tertiary/aromatic N) is 1. The van der Waals surface area contributed by atoms with Crippen LogP contribution in [0.5, 0.6) is 11.5 Å². The van der Waals surface area contributed by atoms with Crippen LogP contribution in [-0.4, -0.2) is 95.3 Å². The van der Waals surface area contributed by atoms with Crippen molar-refractivity contribution >= 4 is 147 Å². The van der Waals surface area contributed by atoms with Crippen LogP contribution >= 0.6 is 98.5 Å². The largest absolute Gasteiger partial charge is 0.496 e. The van der Waals surface area contributed by atoms with Crippen molar-refractivity contribution in [2.75, 3.05) is 19.6 Å². The van der Waals surface area contributed by atoms with Crippen LogP contribution in [0.25, 0.3) is 0 Å². The Labute approximate surface area is 511 Å². The molecule has 2 fully saturated rings. The summed E-state index contributed by atoms with van der Waals surface area (Å²) in [7, 11) is 2.08. The van der Waals surface area contributed by atoms with E-state index in [9.17, 15) is 19.2 Å². The lowest BCUT2D eigenvalue weighted by molar-refractivity contribution is 0.00578. The van der Waals surface area contributed by atoms with E-state index in [2.05, 4.69) is 80.0 Å². The maximum absolute atomic E-state index is 13.8. The fourth-order valence-corrected chi connectivity index (χ4v) is 9.14. The van der Waals surface area contributed by atoms with Crippen LogP contribution in [0.3, 0.4) is 0 Å². The van der Waals surface area contributed by atoms with Gasteiger partial charge in [-0.1, -0.05) is 94.1 Å². The van der Waals surface area contributed by atoms with Crippen molar-refractivity contribution in [1.29, 1.82) is 0 Å². The molecule has 0 radical (unpaired) electrons. The number of hydrogen-bond donors (Lipinski definition) is 3. The first-order valence-corrected chi connectivity index (χ1v) is 29.8. The second kappa shape index (κ2) is 28.5. The molecule has 78 heavy (non-hydrogen) atoms. The second-order valence-electron chi connectivity index (χ2n) is 22.2. The maximum atomic E-state index is 13.8. The van der Waals surface area contributed by atoms with Crippen molar-refractivity contribution in [3.63, 3.8) is 0 Å². The molecule has 2 aliphatic heterocycles. The number of hydrazine groups is 2. The molecular weight excluding hydrogens is 1320 g/mol. The first-order valence-electron chi connectivity index (χ1n) is 24.7. The monoisotopic (exact) mass is 1390 g/mol. The Hall–Kier alpha value is -2.72. The summed E-state index contributed by atoms with van der Waals surface area (Å²) in [6, 6.07) is 21.3. The minimum Gasteiger partial charge on any atom is -0.496 e. The summed E-state index contributed by atoms with van der Waals surface area (Å²) in [5.41, 5.74) is 12.5. The summed E-state index contributed by atoms with van der Waals surface area (Å²) in [4.78, 5) is 50.3. The van der Waals surface area contributed by atoms with E-state index in [1.54, 1.807) is 68.8 Å². The van der Waals surface area contributed by atoms with Crippen molar-refractivity contribution in [2.45, 2.75) is 152 Å². The number of hydrogen-bond acceptors (Lipinski definition) is 11. The highest BCUT2D eigenvalue weighted by Gasteiger charge is 2.53. The molecule has 3 amide bonds. The molecule has 6 rings (SSSR count). The highest BCUT2D eigenvalue weighted by atomic mass is 79.9. The zero-order valence-electron chi connectivity index (χ0n) is 47.6. The number of methoxy groups -OCH3 is 2. The summed E-state index contributed by atoms with van der Waals surface area (Å²) < 4.78 is 34.8. The molecule has 0 aliphatic carbocycles. The lowest BCUT2D eigenvalue weighted by Crippen LogP contribution is -2.56. The SMILES string of the molecule is CC1(C)OB(c2ccc(C(=O)Cl)cc2C(Br)Br)OC1(C)C.COc1cccc(C(=O)NN(C(=O)c2ccc(B3OC(C)(C)C(C)(C)O3)c(C(Br)Br)c2)C(C)(C)C)c1C.COc1cccc(C(=O)NNC(C)(C)C)c1C.ClCCl. The number of carbonyl (C=O) groups excluding carboxylic acids is 4. The zero-order chi connectivity index (χ0) is 59.7. The fourth-order valence-electron chi connectivity index (χ4n) is 7.44. The van der Waals surface area contributed by atoms with Crippen molar-refractivity contribution in [3.8, 4) is 11.5 Å². The smallest absolute Gasteiger partial charge is 0.495 e. The molecule has 0 spiro atoms. The van der Waals surface area contributed by atoms with Crippen molar-refractivity contribution in [3.05, 3.63) is 117 Å². The van der Waals surface area contributed by atoms with Gasteiger partial charge in [0.25, 0.3) is 23.0 Å². The van der Waals surface area contributed by atoms with Gasteiger partial charge in [0.2, 0.25) is 0 Å². The number of halogens is 7.